The zero-order chi connectivity index (χ0) is 18.5. The molecule has 0 aromatic heterocycles. The number of nitrogens with zero attached hydrogens (tertiary/aromatic N) is 1. The van der Waals surface area contributed by atoms with Gasteiger partial charge < -0.3 is 10.1 Å². The van der Waals surface area contributed by atoms with E-state index in [0.29, 0.717) is 11.4 Å². The number of benzene rings is 2. The van der Waals surface area contributed by atoms with Crippen molar-refractivity contribution in [2.75, 3.05) is 23.4 Å². The molecule has 3 rings (SSSR count). The van der Waals surface area contributed by atoms with Gasteiger partial charge in [0, 0.05) is 10.5 Å². The molecule has 0 unspecified atom stereocenters. The molecular weight excluding hydrogens is 400 g/mol. The van der Waals surface area contributed by atoms with Gasteiger partial charge >= 0.3 is 5.97 Å². The molecule has 0 atom stereocenters. The van der Waals surface area contributed by atoms with Gasteiger partial charge in [0.1, 0.15) is 6.54 Å². The van der Waals surface area contributed by atoms with Gasteiger partial charge in [0.2, 0.25) is 5.91 Å². The Labute approximate surface area is 158 Å². The van der Waals surface area contributed by atoms with Crippen LogP contribution in [0.1, 0.15) is 5.56 Å². The van der Waals surface area contributed by atoms with Crippen LogP contribution in [0.4, 0.5) is 11.4 Å². The second-order valence-corrected chi connectivity index (χ2v) is 6.46. The fourth-order valence-electron chi connectivity index (χ4n) is 2.49. The predicted octanol–water partition coefficient (Wildman–Crippen LogP) is 2.99. The first kappa shape index (κ1) is 17.9. The van der Waals surface area contributed by atoms with E-state index in [0.717, 1.165) is 10.0 Å². The van der Waals surface area contributed by atoms with Crippen LogP contribution in [-0.4, -0.2) is 30.9 Å². The lowest BCUT2D eigenvalue weighted by molar-refractivity contribution is -0.143. The standard InChI is InChI=1S/C19H15BrN2O4/c20-14-5-3-4-13(10-14)8-9-19(25)26-12-18(24)22-11-17(23)21-15-6-1-2-7-16(15)22/h1-10H,11-12H2,(H,21,23). The van der Waals surface area contributed by atoms with Crippen LogP contribution >= 0.6 is 15.9 Å². The Bertz CT molecular complexity index is 895. The average Bonchev–Trinajstić information content (AvgIpc) is 2.63. The monoisotopic (exact) mass is 414 g/mol. The normalized spacial score (nSPS) is 13.3. The third-order valence-corrected chi connectivity index (χ3v) is 4.16. The number of esters is 1. The number of carbonyl (C=O) groups excluding carboxylic acids is 3. The van der Waals surface area contributed by atoms with E-state index >= 15 is 0 Å². The van der Waals surface area contributed by atoms with Gasteiger partial charge in [-0.05, 0) is 35.9 Å². The van der Waals surface area contributed by atoms with Gasteiger partial charge in [-0.3, -0.25) is 14.5 Å². The zero-order valence-corrected chi connectivity index (χ0v) is 15.2. The Kier molecular flexibility index (Phi) is 5.48. The predicted molar refractivity (Wildman–Crippen MR) is 102 cm³/mol. The molecule has 2 aromatic carbocycles. The van der Waals surface area contributed by atoms with Crippen molar-refractivity contribution in [2.45, 2.75) is 0 Å². The lowest BCUT2D eigenvalue weighted by Crippen LogP contribution is -2.43. The number of hydrogen-bond acceptors (Lipinski definition) is 4. The van der Waals surface area contributed by atoms with Crippen molar-refractivity contribution in [2.24, 2.45) is 0 Å². The molecule has 0 fully saturated rings. The largest absolute Gasteiger partial charge is 0.452 e. The van der Waals surface area contributed by atoms with Crippen molar-refractivity contribution in [1.82, 2.24) is 0 Å². The molecule has 0 saturated heterocycles. The van der Waals surface area contributed by atoms with Crippen molar-refractivity contribution in [1.29, 1.82) is 0 Å². The zero-order valence-electron chi connectivity index (χ0n) is 13.6. The van der Waals surface area contributed by atoms with Crippen LogP contribution in [0.25, 0.3) is 6.08 Å². The molecule has 1 aliphatic heterocycles. The highest BCUT2D eigenvalue weighted by molar-refractivity contribution is 9.10. The molecule has 7 heteroatoms. The highest BCUT2D eigenvalue weighted by Gasteiger charge is 2.26. The topological polar surface area (TPSA) is 75.7 Å². The van der Waals surface area contributed by atoms with E-state index in [2.05, 4.69) is 21.2 Å². The summed E-state index contributed by atoms with van der Waals surface area (Å²) in [5, 5.41) is 2.70. The van der Waals surface area contributed by atoms with E-state index in [1.54, 1.807) is 30.3 Å². The van der Waals surface area contributed by atoms with Crippen molar-refractivity contribution < 1.29 is 19.1 Å². The lowest BCUT2D eigenvalue weighted by Gasteiger charge is -2.28. The summed E-state index contributed by atoms with van der Waals surface area (Å²) in [6.45, 7) is -0.551. The van der Waals surface area contributed by atoms with Gasteiger partial charge in [0.05, 0.1) is 11.4 Å². The van der Waals surface area contributed by atoms with Crippen LogP contribution < -0.4 is 10.2 Å². The van der Waals surface area contributed by atoms with Gasteiger partial charge in [-0.2, -0.15) is 0 Å². The quantitative estimate of drug-likeness (QED) is 0.616. The van der Waals surface area contributed by atoms with Crippen LogP contribution in [-0.2, 0) is 19.1 Å². The fraction of sp³-hybridized carbons (Fsp3) is 0.105. The summed E-state index contributed by atoms with van der Waals surface area (Å²) in [6, 6.07) is 14.4. The smallest absolute Gasteiger partial charge is 0.331 e. The average molecular weight is 415 g/mol. The van der Waals surface area contributed by atoms with Crippen molar-refractivity contribution in [3.8, 4) is 0 Å². The van der Waals surface area contributed by atoms with Crippen LogP contribution in [0.3, 0.4) is 0 Å². The minimum absolute atomic E-state index is 0.110. The number of ether oxygens (including phenoxy) is 1. The Morgan fingerprint density at radius 1 is 1.19 bits per heavy atom. The molecule has 0 saturated carbocycles. The fourth-order valence-corrected chi connectivity index (χ4v) is 2.91. The van der Waals surface area contributed by atoms with Gasteiger partial charge in [-0.15, -0.1) is 0 Å². The second-order valence-electron chi connectivity index (χ2n) is 5.54. The number of amides is 2. The van der Waals surface area contributed by atoms with Gasteiger partial charge in [-0.1, -0.05) is 40.2 Å². The van der Waals surface area contributed by atoms with Crippen molar-refractivity contribution in [3.05, 3.63) is 64.6 Å². The number of hydrogen-bond donors (Lipinski definition) is 1. The molecule has 132 valence electrons. The Morgan fingerprint density at radius 2 is 2.00 bits per heavy atom. The minimum Gasteiger partial charge on any atom is -0.452 e. The maximum atomic E-state index is 12.4. The Hall–Kier alpha value is -2.93. The molecule has 0 bridgehead atoms. The summed E-state index contributed by atoms with van der Waals surface area (Å²) in [5.74, 6) is -1.39. The number of carbonyl (C=O) groups is 3. The summed E-state index contributed by atoms with van der Waals surface area (Å²) in [4.78, 5) is 37.2. The first-order chi connectivity index (χ1) is 12.5. The lowest BCUT2D eigenvalue weighted by atomic mass is 10.2. The number of fused-ring (bicyclic) bond motifs is 1. The number of halogens is 1. The third kappa shape index (κ3) is 4.37. The van der Waals surface area contributed by atoms with Crippen molar-refractivity contribution in [3.63, 3.8) is 0 Å². The number of nitrogens with one attached hydrogen (secondary N) is 1. The summed E-state index contributed by atoms with van der Waals surface area (Å²) in [5.41, 5.74) is 1.96. The van der Waals surface area contributed by atoms with E-state index in [1.807, 2.05) is 24.3 Å². The molecule has 26 heavy (non-hydrogen) atoms. The first-order valence-corrected chi connectivity index (χ1v) is 8.62. The van der Waals surface area contributed by atoms with Crippen LogP contribution in [0, 0.1) is 0 Å². The summed E-state index contributed by atoms with van der Waals surface area (Å²) < 4.78 is 5.89. The molecule has 0 radical (unpaired) electrons. The van der Waals surface area contributed by atoms with E-state index in [-0.39, 0.29) is 12.5 Å². The molecule has 6 nitrogen and oxygen atoms in total. The maximum Gasteiger partial charge on any atom is 0.331 e. The van der Waals surface area contributed by atoms with Gasteiger partial charge in [0.15, 0.2) is 6.61 Å². The van der Waals surface area contributed by atoms with Crippen LogP contribution in [0.5, 0.6) is 0 Å². The number of para-hydroxylation sites is 2. The summed E-state index contributed by atoms with van der Waals surface area (Å²) in [6.07, 6.45) is 2.85. The minimum atomic E-state index is -0.631. The molecule has 1 N–H and O–H groups in total. The summed E-state index contributed by atoms with van der Waals surface area (Å²) >= 11 is 3.35. The molecule has 2 amide bonds. The van der Waals surface area contributed by atoms with Crippen LogP contribution in [0.15, 0.2) is 59.1 Å². The van der Waals surface area contributed by atoms with E-state index in [9.17, 15) is 14.4 Å². The highest BCUT2D eigenvalue weighted by atomic mass is 79.9. The maximum absolute atomic E-state index is 12.4. The van der Waals surface area contributed by atoms with E-state index in [4.69, 9.17) is 4.74 Å². The number of rotatable bonds is 4. The molecule has 1 aliphatic rings. The molecule has 1 heterocycles. The first-order valence-electron chi connectivity index (χ1n) is 7.82. The van der Waals surface area contributed by atoms with Gasteiger partial charge in [0.25, 0.3) is 5.91 Å². The second kappa shape index (κ2) is 7.97. The Morgan fingerprint density at radius 3 is 2.81 bits per heavy atom. The molecular formula is C19H15BrN2O4. The van der Waals surface area contributed by atoms with Crippen LogP contribution in [0.2, 0.25) is 0 Å². The van der Waals surface area contributed by atoms with Crippen molar-refractivity contribution >= 4 is 51.2 Å². The molecule has 0 spiro atoms. The van der Waals surface area contributed by atoms with E-state index < -0.39 is 18.5 Å². The SMILES string of the molecule is O=C1CN(C(=O)COC(=O)C=Cc2cccc(Br)c2)c2ccccc2N1. The molecule has 2 aromatic rings. The third-order valence-electron chi connectivity index (χ3n) is 3.67. The highest BCUT2D eigenvalue weighted by Crippen LogP contribution is 2.28. The number of anilines is 2. The Balaban J connectivity index is 1.60. The summed E-state index contributed by atoms with van der Waals surface area (Å²) in [7, 11) is 0. The van der Waals surface area contributed by atoms with Gasteiger partial charge in [-0.25, -0.2) is 4.79 Å². The molecule has 0 aliphatic carbocycles. The van der Waals surface area contributed by atoms with E-state index in [1.165, 1.54) is 11.0 Å².